The fraction of sp³-hybridized carbons (Fsp3) is 0.0417. The standard InChI is InChI=1S/C24H16N2O5/c27-23(28)16-7-9-19-20(11-16)26-22(25-19)18-10-15-6-8-17(12-21(15)31-24(18)29)30-13-14-4-2-1-3-5-14/h1-12H,13H2,(H,25,26)(H,27,28). The van der Waals surface area contributed by atoms with Crippen LogP contribution in [0.25, 0.3) is 33.4 Å². The van der Waals surface area contributed by atoms with Gasteiger partial charge < -0.3 is 19.2 Å². The van der Waals surface area contributed by atoms with E-state index in [9.17, 15) is 9.59 Å². The number of hydrogen-bond acceptors (Lipinski definition) is 5. The normalized spacial score (nSPS) is 11.1. The molecule has 0 amide bonds. The SMILES string of the molecule is O=C(O)c1ccc2nc(-c3cc4ccc(OCc5ccccc5)cc4oc3=O)[nH]c2c1. The first-order valence-corrected chi connectivity index (χ1v) is 9.55. The van der Waals surface area contributed by atoms with Gasteiger partial charge in [0.2, 0.25) is 0 Å². The number of nitrogens with one attached hydrogen (secondary N) is 1. The summed E-state index contributed by atoms with van der Waals surface area (Å²) in [6.07, 6.45) is 0. The fourth-order valence-corrected chi connectivity index (χ4v) is 3.36. The molecule has 152 valence electrons. The summed E-state index contributed by atoms with van der Waals surface area (Å²) in [6, 6.07) is 21.3. The molecule has 7 nitrogen and oxygen atoms in total. The molecule has 2 N–H and O–H groups in total. The highest BCUT2D eigenvalue weighted by atomic mass is 16.5. The van der Waals surface area contributed by atoms with Crippen molar-refractivity contribution in [3.05, 3.63) is 94.3 Å². The monoisotopic (exact) mass is 412 g/mol. The van der Waals surface area contributed by atoms with E-state index in [4.69, 9.17) is 14.3 Å². The van der Waals surface area contributed by atoms with Crippen LogP contribution in [-0.2, 0) is 6.61 Å². The second-order valence-corrected chi connectivity index (χ2v) is 7.04. The first kappa shape index (κ1) is 18.6. The van der Waals surface area contributed by atoms with Gasteiger partial charge in [-0.2, -0.15) is 0 Å². The van der Waals surface area contributed by atoms with Gasteiger partial charge >= 0.3 is 11.6 Å². The van der Waals surface area contributed by atoms with Crippen LogP contribution in [0.5, 0.6) is 5.75 Å². The number of ether oxygens (including phenoxy) is 1. The lowest BCUT2D eigenvalue weighted by molar-refractivity contribution is 0.0697. The van der Waals surface area contributed by atoms with Gasteiger partial charge in [-0.25, -0.2) is 14.6 Å². The molecule has 0 saturated heterocycles. The lowest BCUT2D eigenvalue weighted by Gasteiger charge is -2.07. The summed E-state index contributed by atoms with van der Waals surface area (Å²) in [4.78, 5) is 31.2. The molecule has 3 aromatic carbocycles. The Labute approximate surface area is 175 Å². The Balaban J connectivity index is 1.47. The van der Waals surface area contributed by atoms with Gasteiger partial charge in [0.25, 0.3) is 0 Å². The minimum absolute atomic E-state index is 0.135. The zero-order valence-corrected chi connectivity index (χ0v) is 16.2. The molecular weight excluding hydrogens is 396 g/mol. The maximum atomic E-state index is 12.6. The Bertz CT molecular complexity index is 1480. The topological polar surface area (TPSA) is 105 Å². The van der Waals surface area contributed by atoms with E-state index in [0.717, 1.165) is 5.56 Å². The number of benzene rings is 3. The second kappa shape index (κ2) is 7.46. The fourth-order valence-electron chi connectivity index (χ4n) is 3.36. The average Bonchev–Trinajstić information content (AvgIpc) is 3.21. The van der Waals surface area contributed by atoms with Crippen LogP contribution in [0.1, 0.15) is 15.9 Å². The highest BCUT2D eigenvalue weighted by Gasteiger charge is 2.14. The van der Waals surface area contributed by atoms with Crippen LogP contribution in [0.15, 0.2) is 82.0 Å². The Hall–Kier alpha value is -4.39. The number of aromatic amines is 1. The number of carbonyl (C=O) groups is 1. The summed E-state index contributed by atoms with van der Waals surface area (Å²) >= 11 is 0. The van der Waals surface area contributed by atoms with Gasteiger partial charge in [0.15, 0.2) is 0 Å². The number of aromatic nitrogens is 2. The molecule has 0 spiro atoms. The molecule has 0 atom stereocenters. The molecule has 0 bridgehead atoms. The molecule has 0 fully saturated rings. The number of imidazole rings is 1. The molecule has 7 heteroatoms. The van der Waals surface area contributed by atoms with E-state index in [1.54, 1.807) is 18.2 Å². The smallest absolute Gasteiger partial charge is 0.347 e. The molecule has 31 heavy (non-hydrogen) atoms. The molecule has 0 radical (unpaired) electrons. The van der Waals surface area contributed by atoms with Gasteiger partial charge in [0.1, 0.15) is 29.3 Å². The lowest BCUT2D eigenvalue weighted by Crippen LogP contribution is -2.04. The average molecular weight is 412 g/mol. The predicted molar refractivity (Wildman–Crippen MR) is 115 cm³/mol. The molecular formula is C24H16N2O5. The molecule has 0 saturated carbocycles. The largest absolute Gasteiger partial charge is 0.489 e. The van der Waals surface area contributed by atoms with E-state index >= 15 is 0 Å². The summed E-state index contributed by atoms with van der Waals surface area (Å²) in [5.74, 6) is -0.122. The van der Waals surface area contributed by atoms with Crippen LogP contribution >= 0.6 is 0 Å². The third-order valence-corrected chi connectivity index (χ3v) is 4.94. The first-order valence-electron chi connectivity index (χ1n) is 9.55. The number of fused-ring (bicyclic) bond motifs is 2. The molecule has 0 aliphatic heterocycles. The third-order valence-electron chi connectivity index (χ3n) is 4.94. The van der Waals surface area contributed by atoms with Gasteiger partial charge in [0, 0.05) is 11.5 Å². The number of H-pyrrole nitrogens is 1. The van der Waals surface area contributed by atoms with Crippen LogP contribution in [-0.4, -0.2) is 21.0 Å². The molecule has 0 aliphatic rings. The van der Waals surface area contributed by atoms with Gasteiger partial charge in [-0.3, -0.25) is 0 Å². The zero-order chi connectivity index (χ0) is 21.4. The van der Waals surface area contributed by atoms with E-state index in [-0.39, 0.29) is 11.1 Å². The van der Waals surface area contributed by atoms with Crippen molar-refractivity contribution in [3.63, 3.8) is 0 Å². The van der Waals surface area contributed by atoms with Crippen molar-refractivity contribution in [3.8, 4) is 17.1 Å². The Morgan fingerprint density at radius 2 is 1.87 bits per heavy atom. The highest BCUT2D eigenvalue weighted by Crippen LogP contribution is 2.25. The van der Waals surface area contributed by atoms with Crippen molar-refractivity contribution in [2.24, 2.45) is 0 Å². The van der Waals surface area contributed by atoms with E-state index in [1.165, 1.54) is 12.1 Å². The number of nitrogens with zero attached hydrogens (tertiary/aromatic N) is 1. The van der Waals surface area contributed by atoms with Crippen molar-refractivity contribution in [1.29, 1.82) is 0 Å². The molecule has 5 rings (SSSR count). The quantitative estimate of drug-likeness (QED) is 0.408. The number of rotatable bonds is 5. The molecule has 2 aromatic heterocycles. The summed E-state index contributed by atoms with van der Waals surface area (Å²) in [7, 11) is 0. The molecule has 2 heterocycles. The summed E-state index contributed by atoms with van der Waals surface area (Å²) < 4.78 is 11.3. The molecule has 0 unspecified atom stereocenters. The van der Waals surface area contributed by atoms with E-state index in [1.807, 2.05) is 42.5 Å². The Kier molecular flexibility index (Phi) is 4.48. The van der Waals surface area contributed by atoms with Crippen LogP contribution in [0.4, 0.5) is 0 Å². The van der Waals surface area contributed by atoms with Crippen LogP contribution in [0, 0.1) is 0 Å². The number of hydrogen-bond donors (Lipinski definition) is 2. The van der Waals surface area contributed by atoms with E-state index < -0.39 is 11.6 Å². The van der Waals surface area contributed by atoms with Crippen LogP contribution < -0.4 is 10.4 Å². The van der Waals surface area contributed by atoms with Gasteiger partial charge in [0.05, 0.1) is 16.6 Å². The van der Waals surface area contributed by atoms with Crippen molar-refractivity contribution in [2.45, 2.75) is 6.61 Å². The zero-order valence-electron chi connectivity index (χ0n) is 16.2. The van der Waals surface area contributed by atoms with Gasteiger partial charge in [-0.05, 0) is 42.0 Å². The van der Waals surface area contributed by atoms with Crippen molar-refractivity contribution >= 4 is 28.0 Å². The Morgan fingerprint density at radius 3 is 2.68 bits per heavy atom. The first-order chi connectivity index (χ1) is 15.1. The minimum Gasteiger partial charge on any atom is -0.489 e. The Morgan fingerprint density at radius 1 is 1.03 bits per heavy atom. The highest BCUT2D eigenvalue weighted by molar-refractivity contribution is 5.93. The van der Waals surface area contributed by atoms with Crippen molar-refractivity contribution in [1.82, 2.24) is 9.97 Å². The number of carboxylic acid groups (broad SMARTS) is 1. The molecule has 0 aliphatic carbocycles. The maximum absolute atomic E-state index is 12.6. The summed E-state index contributed by atoms with van der Waals surface area (Å²) in [6.45, 7) is 0.409. The number of carboxylic acids is 1. The summed E-state index contributed by atoms with van der Waals surface area (Å²) in [5.41, 5.74) is 2.38. The van der Waals surface area contributed by atoms with Crippen LogP contribution in [0.2, 0.25) is 0 Å². The summed E-state index contributed by atoms with van der Waals surface area (Å²) in [5, 5.41) is 9.86. The molecule has 5 aromatic rings. The third kappa shape index (κ3) is 3.64. The van der Waals surface area contributed by atoms with Gasteiger partial charge in [-0.1, -0.05) is 30.3 Å². The minimum atomic E-state index is -1.03. The number of aromatic carboxylic acids is 1. The van der Waals surface area contributed by atoms with E-state index in [2.05, 4.69) is 9.97 Å². The predicted octanol–water partition coefficient (Wildman–Crippen LogP) is 4.61. The maximum Gasteiger partial charge on any atom is 0.347 e. The van der Waals surface area contributed by atoms with Crippen molar-refractivity contribution < 1.29 is 19.1 Å². The van der Waals surface area contributed by atoms with Gasteiger partial charge in [-0.15, -0.1) is 0 Å². The van der Waals surface area contributed by atoms with Crippen LogP contribution in [0.3, 0.4) is 0 Å². The second-order valence-electron chi connectivity index (χ2n) is 7.04. The van der Waals surface area contributed by atoms with Crippen molar-refractivity contribution in [2.75, 3.05) is 0 Å². The lowest BCUT2D eigenvalue weighted by atomic mass is 10.1. The van der Waals surface area contributed by atoms with E-state index in [0.29, 0.717) is 40.2 Å².